The van der Waals surface area contributed by atoms with Crippen molar-refractivity contribution in [3.8, 4) is 0 Å². The van der Waals surface area contributed by atoms with Gasteiger partial charge in [0.15, 0.2) is 6.29 Å². The fourth-order valence-corrected chi connectivity index (χ4v) is 2.01. The van der Waals surface area contributed by atoms with E-state index in [2.05, 4.69) is 5.32 Å². The molecule has 8 heteroatoms. The Morgan fingerprint density at radius 3 is 2.35 bits per heavy atom. The number of hydrogen-bond acceptors (Lipinski definition) is 7. The van der Waals surface area contributed by atoms with Gasteiger partial charge in [-0.3, -0.25) is 4.79 Å². The number of hydrogen-bond donors (Lipinski definition) is 5. The fraction of sp³-hybridized carbons (Fsp3) is 0.833. The van der Waals surface area contributed by atoms with Crippen LogP contribution in [0.4, 0.5) is 0 Å². The number of carbonyl (C=O) groups excluding carboxylic acids is 2. The number of Topliss-reactive ketones (excluding diaryl/α,β-unsaturated/α-hetero) is 1. The lowest BCUT2D eigenvalue weighted by Gasteiger charge is -2.40. The first-order chi connectivity index (χ1) is 9.36. The van der Waals surface area contributed by atoms with Gasteiger partial charge in [0.1, 0.15) is 30.1 Å². The summed E-state index contributed by atoms with van der Waals surface area (Å²) in [5, 5.41) is 40.4. The van der Waals surface area contributed by atoms with Gasteiger partial charge in [0, 0.05) is 12.8 Å². The van der Waals surface area contributed by atoms with Crippen LogP contribution in [0.2, 0.25) is 0 Å². The topological polar surface area (TPSA) is 136 Å². The Morgan fingerprint density at radius 2 is 1.80 bits per heavy atom. The Labute approximate surface area is 116 Å². The molecule has 8 nitrogen and oxygen atoms in total. The molecule has 0 aromatic heterocycles. The van der Waals surface area contributed by atoms with Gasteiger partial charge >= 0.3 is 0 Å². The van der Waals surface area contributed by atoms with Crippen molar-refractivity contribution in [2.24, 2.45) is 0 Å². The molecule has 5 atom stereocenters. The van der Waals surface area contributed by atoms with E-state index in [1.807, 2.05) is 0 Å². The summed E-state index contributed by atoms with van der Waals surface area (Å²) in [6.45, 7) is 0.861. The third-order valence-electron chi connectivity index (χ3n) is 3.16. The summed E-state index contributed by atoms with van der Waals surface area (Å²) in [5.41, 5.74) is 0. The van der Waals surface area contributed by atoms with Gasteiger partial charge in [-0.1, -0.05) is 0 Å². The van der Waals surface area contributed by atoms with Gasteiger partial charge in [-0.25, -0.2) is 0 Å². The first-order valence-electron chi connectivity index (χ1n) is 6.46. The third-order valence-corrected chi connectivity index (χ3v) is 3.16. The van der Waals surface area contributed by atoms with E-state index in [-0.39, 0.29) is 18.6 Å². The summed E-state index contributed by atoms with van der Waals surface area (Å²) >= 11 is 0. The fourth-order valence-electron chi connectivity index (χ4n) is 2.01. The molecule has 0 aromatic carbocycles. The van der Waals surface area contributed by atoms with Crippen LogP contribution >= 0.6 is 0 Å². The highest BCUT2D eigenvalue weighted by molar-refractivity contribution is 5.78. The van der Waals surface area contributed by atoms with Crippen molar-refractivity contribution in [3.63, 3.8) is 0 Å². The molecule has 1 aliphatic heterocycles. The Balaban J connectivity index is 2.49. The molecule has 0 radical (unpaired) electrons. The van der Waals surface area contributed by atoms with E-state index in [1.165, 1.54) is 6.92 Å². The predicted molar refractivity (Wildman–Crippen MR) is 66.4 cm³/mol. The largest absolute Gasteiger partial charge is 0.394 e. The number of aliphatic hydroxyl groups excluding tert-OH is 4. The van der Waals surface area contributed by atoms with Crippen LogP contribution in [0.25, 0.3) is 0 Å². The Kier molecular flexibility index (Phi) is 6.50. The van der Waals surface area contributed by atoms with Crippen LogP contribution in [0.15, 0.2) is 0 Å². The second kappa shape index (κ2) is 7.65. The second-order valence-electron chi connectivity index (χ2n) is 4.88. The molecule has 0 spiro atoms. The monoisotopic (exact) mass is 291 g/mol. The highest BCUT2D eigenvalue weighted by Crippen LogP contribution is 2.19. The standard InChI is InChI=1S/C12H21NO7/c1-6(15)3-2-4-8(16)13-9-11(18)10(17)7(5-14)20-12(9)19/h7,9-12,14,17-19H,2-5H2,1H3,(H,13,16). The number of rotatable bonds is 6. The van der Waals surface area contributed by atoms with Gasteiger partial charge in [0.2, 0.25) is 5.91 Å². The molecule has 0 aromatic rings. The maximum atomic E-state index is 11.6. The quantitative estimate of drug-likeness (QED) is 0.370. The van der Waals surface area contributed by atoms with Crippen molar-refractivity contribution in [2.45, 2.75) is 56.8 Å². The molecule has 0 saturated carbocycles. The Hall–Kier alpha value is -1.06. The minimum atomic E-state index is -1.53. The van der Waals surface area contributed by atoms with Crippen LogP contribution in [0.1, 0.15) is 26.2 Å². The zero-order chi connectivity index (χ0) is 15.3. The predicted octanol–water partition coefficient (Wildman–Crippen LogP) is -2.34. The van der Waals surface area contributed by atoms with Gasteiger partial charge in [0.05, 0.1) is 6.61 Å². The first kappa shape index (κ1) is 17.0. The molecule has 5 unspecified atom stereocenters. The van der Waals surface area contributed by atoms with Crippen LogP contribution in [0, 0.1) is 0 Å². The van der Waals surface area contributed by atoms with Gasteiger partial charge in [0.25, 0.3) is 0 Å². The number of carbonyl (C=O) groups is 2. The molecule has 116 valence electrons. The molecular weight excluding hydrogens is 270 g/mol. The third kappa shape index (κ3) is 4.50. The zero-order valence-electron chi connectivity index (χ0n) is 11.2. The molecule has 20 heavy (non-hydrogen) atoms. The van der Waals surface area contributed by atoms with Crippen LogP contribution < -0.4 is 5.32 Å². The average Bonchev–Trinajstić information content (AvgIpc) is 2.38. The molecule has 1 fully saturated rings. The molecule has 1 amide bonds. The van der Waals surface area contributed by atoms with E-state index >= 15 is 0 Å². The smallest absolute Gasteiger partial charge is 0.220 e. The summed E-state index contributed by atoms with van der Waals surface area (Å²) in [5.74, 6) is -0.493. The summed E-state index contributed by atoms with van der Waals surface area (Å²) in [7, 11) is 0. The number of ketones is 1. The van der Waals surface area contributed by atoms with E-state index in [4.69, 9.17) is 9.84 Å². The van der Waals surface area contributed by atoms with E-state index in [0.29, 0.717) is 6.42 Å². The lowest BCUT2D eigenvalue weighted by Crippen LogP contribution is -2.64. The Morgan fingerprint density at radius 1 is 1.15 bits per heavy atom. The molecule has 5 N–H and O–H groups in total. The number of amides is 1. The zero-order valence-corrected chi connectivity index (χ0v) is 11.2. The van der Waals surface area contributed by atoms with Crippen LogP contribution in [-0.2, 0) is 14.3 Å². The lowest BCUT2D eigenvalue weighted by molar-refractivity contribution is -0.253. The molecule has 1 aliphatic rings. The van der Waals surface area contributed by atoms with E-state index in [9.17, 15) is 24.9 Å². The van der Waals surface area contributed by atoms with Crippen molar-refractivity contribution in [1.82, 2.24) is 5.32 Å². The van der Waals surface area contributed by atoms with E-state index in [1.54, 1.807) is 0 Å². The molecule has 1 saturated heterocycles. The minimum Gasteiger partial charge on any atom is -0.394 e. The van der Waals surface area contributed by atoms with Gasteiger partial charge in [-0.2, -0.15) is 0 Å². The summed E-state index contributed by atoms with van der Waals surface area (Å²) < 4.78 is 4.90. The highest BCUT2D eigenvalue weighted by Gasteiger charge is 2.44. The summed E-state index contributed by atoms with van der Waals surface area (Å²) in [6, 6.07) is -1.18. The van der Waals surface area contributed by atoms with Crippen LogP contribution in [-0.4, -0.2) is 69.4 Å². The molecule has 0 bridgehead atoms. The molecule has 1 heterocycles. The SMILES string of the molecule is CC(=O)CCCC(=O)NC1C(O)OC(CO)C(O)C1O. The normalized spacial score (nSPS) is 33.8. The van der Waals surface area contributed by atoms with Gasteiger partial charge in [-0.05, 0) is 13.3 Å². The van der Waals surface area contributed by atoms with Gasteiger partial charge < -0.3 is 35.3 Å². The van der Waals surface area contributed by atoms with E-state index in [0.717, 1.165) is 0 Å². The van der Waals surface area contributed by atoms with Crippen molar-refractivity contribution < 1.29 is 34.8 Å². The number of ether oxygens (including phenoxy) is 1. The summed E-state index contributed by atoms with van der Waals surface area (Å²) in [6.07, 6.45) is -4.79. The summed E-state index contributed by atoms with van der Waals surface area (Å²) in [4.78, 5) is 22.4. The van der Waals surface area contributed by atoms with Gasteiger partial charge in [-0.15, -0.1) is 0 Å². The maximum absolute atomic E-state index is 11.6. The molecule has 0 aliphatic carbocycles. The van der Waals surface area contributed by atoms with Crippen molar-refractivity contribution in [3.05, 3.63) is 0 Å². The van der Waals surface area contributed by atoms with Crippen LogP contribution in [0.3, 0.4) is 0 Å². The van der Waals surface area contributed by atoms with E-state index < -0.39 is 43.2 Å². The van der Waals surface area contributed by atoms with Crippen molar-refractivity contribution in [2.75, 3.05) is 6.61 Å². The first-order valence-corrected chi connectivity index (χ1v) is 6.46. The Bertz CT molecular complexity index is 349. The molecule has 1 rings (SSSR count). The number of nitrogens with one attached hydrogen (secondary N) is 1. The number of aliphatic hydroxyl groups is 4. The minimum absolute atomic E-state index is 0.0277. The maximum Gasteiger partial charge on any atom is 0.220 e. The highest BCUT2D eigenvalue weighted by atomic mass is 16.6. The van der Waals surface area contributed by atoms with Crippen molar-refractivity contribution in [1.29, 1.82) is 0 Å². The molecular formula is C12H21NO7. The average molecular weight is 291 g/mol. The van der Waals surface area contributed by atoms with Crippen LogP contribution in [0.5, 0.6) is 0 Å². The second-order valence-corrected chi connectivity index (χ2v) is 4.88. The van der Waals surface area contributed by atoms with Crippen molar-refractivity contribution >= 4 is 11.7 Å². The lowest BCUT2D eigenvalue weighted by atomic mass is 9.97.